The lowest BCUT2D eigenvalue weighted by Gasteiger charge is -2.44. The Bertz CT molecular complexity index is 755. The van der Waals surface area contributed by atoms with E-state index in [1.807, 2.05) is 18.2 Å². The molecule has 1 atom stereocenters. The molecule has 4 nitrogen and oxygen atoms in total. The van der Waals surface area contributed by atoms with Crippen molar-refractivity contribution in [1.29, 1.82) is 0 Å². The minimum absolute atomic E-state index is 0.423. The van der Waals surface area contributed by atoms with Crippen LogP contribution in [0.5, 0.6) is 5.75 Å². The molecular formula is C23H31N3O. The standard InChI is InChI=1S/C23H31N3O/c1-19-7-2-4-10-22(19)26-15-13-25(14-16-26)21-9-6-12-24(18-21)17-20-8-3-5-11-23(20)27/h2-5,7-8,10-11,21,27H,6,9,12-18H2,1H3. The second-order valence-electron chi connectivity index (χ2n) is 7.97. The Balaban J connectivity index is 1.33. The summed E-state index contributed by atoms with van der Waals surface area (Å²) in [7, 11) is 0. The SMILES string of the molecule is Cc1ccccc1N1CCN(C2CCCN(Cc3ccccc3O)C2)CC1. The third-order valence-electron chi connectivity index (χ3n) is 6.15. The number of hydrogen-bond acceptors (Lipinski definition) is 4. The number of likely N-dealkylation sites (tertiary alicyclic amines) is 1. The van der Waals surface area contributed by atoms with Crippen molar-refractivity contribution in [3.63, 3.8) is 0 Å². The van der Waals surface area contributed by atoms with E-state index in [0.717, 1.165) is 51.4 Å². The highest BCUT2D eigenvalue weighted by Crippen LogP contribution is 2.25. The summed E-state index contributed by atoms with van der Waals surface area (Å²) in [5, 5.41) is 10.1. The molecule has 0 amide bonds. The molecular weight excluding hydrogens is 334 g/mol. The summed E-state index contributed by atoms with van der Waals surface area (Å²) >= 11 is 0. The highest BCUT2D eigenvalue weighted by molar-refractivity contribution is 5.53. The number of aryl methyl sites for hydroxylation is 1. The van der Waals surface area contributed by atoms with Gasteiger partial charge in [0, 0.05) is 56.6 Å². The summed E-state index contributed by atoms with van der Waals surface area (Å²) < 4.78 is 0. The maximum atomic E-state index is 10.1. The summed E-state index contributed by atoms with van der Waals surface area (Å²) in [5.41, 5.74) is 3.81. The molecule has 1 N–H and O–H groups in total. The van der Waals surface area contributed by atoms with E-state index in [1.165, 1.54) is 24.1 Å². The molecule has 2 aliphatic heterocycles. The highest BCUT2D eigenvalue weighted by atomic mass is 16.3. The van der Waals surface area contributed by atoms with E-state index < -0.39 is 0 Å². The van der Waals surface area contributed by atoms with Crippen molar-refractivity contribution in [3.8, 4) is 5.75 Å². The monoisotopic (exact) mass is 365 g/mol. The molecule has 1 unspecified atom stereocenters. The number of benzene rings is 2. The van der Waals surface area contributed by atoms with Gasteiger partial charge in [-0.3, -0.25) is 9.80 Å². The molecule has 0 bridgehead atoms. The topological polar surface area (TPSA) is 30.0 Å². The average molecular weight is 366 g/mol. The number of nitrogens with zero attached hydrogens (tertiary/aromatic N) is 3. The first-order chi connectivity index (χ1) is 13.2. The van der Waals surface area contributed by atoms with Crippen LogP contribution in [0, 0.1) is 6.92 Å². The number of aromatic hydroxyl groups is 1. The Morgan fingerprint density at radius 2 is 1.67 bits per heavy atom. The summed E-state index contributed by atoms with van der Waals surface area (Å²) in [6.45, 7) is 9.81. The van der Waals surface area contributed by atoms with Crippen molar-refractivity contribution >= 4 is 5.69 Å². The number of hydrogen-bond donors (Lipinski definition) is 1. The molecule has 2 saturated heterocycles. The van der Waals surface area contributed by atoms with E-state index in [-0.39, 0.29) is 0 Å². The lowest BCUT2D eigenvalue weighted by atomic mass is 10.0. The van der Waals surface area contributed by atoms with Crippen molar-refractivity contribution in [1.82, 2.24) is 9.80 Å². The molecule has 144 valence electrons. The first-order valence-electron chi connectivity index (χ1n) is 10.2. The minimum atomic E-state index is 0.423. The largest absolute Gasteiger partial charge is 0.508 e. The molecule has 2 aromatic carbocycles. The van der Waals surface area contributed by atoms with Crippen molar-refractivity contribution in [3.05, 3.63) is 59.7 Å². The maximum absolute atomic E-state index is 10.1. The Kier molecular flexibility index (Phi) is 5.65. The summed E-state index contributed by atoms with van der Waals surface area (Å²) in [6.07, 6.45) is 2.54. The van der Waals surface area contributed by atoms with E-state index in [2.05, 4.69) is 45.9 Å². The summed E-state index contributed by atoms with van der Waals surface area (Å²) in [4.78, 5) is 7.73. The van der Waals surface area contributed by atoms with Crippen LogP contribution in [0.25, 0.3) is 0 Å². The lowest BCUT2D eigenvalue weighted by molar-refractivity contribution is 0.0883. The van der Waals surface area contributed by atoms with Gasteiger partial charge in [0.2, 0.25) is 0 Å². The molecule has 2 fully saturated rings. The van der Waals surface area contributed by atoms with Crippen LogP contribution in [-0.4, -0.2) is 60.2 Å². The molecule has 4 heteroatoms. The third-order valence-corrected chi connectivity index (χ3v) is 6.15. The Labute approximate surface area is 163 Å². The zero-order valence-corrected chi connectivity index (χ0v) is 16.3. The Morgan fingerprint density at radius 1 is 0.926 bits per heavy atom. The van der Waals surface area contributed by atoms with Gasteiger partial charge in [0.1, 0.15) is 5.75 Å². The highest BCUT2D eigenvalue weighted by Gasteiger charge is 2.28. The van der Waals surface area contributed by atoms with Crippen LogP contribution in [-0.2, 0) is 6.54 Å². The van der Waals surface area contributed by atoms with Gasteiger partial charge >= 0.3 is 0 Å². The number of para-hydroxylation sites is 2. The Hall–Kier alpha value is -2.04. The fourth-order valence-electron chi connectivity index (χ4n) is 4.60. The van der Waals surface area contributed by atoms with Crippen molar-refractivity contribution in [2.24, 2.45) is 0 Å². The van der Waals surface area contributed by atoms with E-state index in [1.54, 1.807) is 6.07 Å². The quantitative estimate of drug-likeness (QED) is 0.898. The van der Waals surface area contributed by atoms with Crippen LogP contribution >= 0.6 is 0 Å². The van der Waals surface area contributed by atoms with Crippen molar-refractivity contribution in [2.45, 2.75) is 32.4 Å². The molecule has 0 radical (unpaired) electrons. The lowest BCUT2D eigenvalue weighted by Crippen LogP contribution is -2.55. The second-order valence-corrected chi connectivity index (χ2v) is 7.97. The van der Waals surface area contributed by atoms with Gasteiger partial charge in [-0.25, -0.2) is 0 Å². The molecule has 0 aliphatic carbocycles. The number of anilines is 1. The van der Waals surface area contributed by atoms with Gasteiger partial charge < -0.3 is 10.0 Å². The maximum Gasteiger partial charge on any atom is 0.120 e. The summed E-state index contributed by atoms with van der Waals surface area (Å²) in [5.74, 6) is 0.423. The van der Waals surface area contributed by atoms with Crippen LogP contribution < -0.4 is 4.90 Å². The summed E-state index contributed by atoms with van der Waals surface area (Å²) in [6, 6.07) is 17.1. The van der Waals surface area contributed by atoms with Crippen LogP contribution in [0.15, 0.2) is 48.5 Å². The van der Waals surface area contributed by atoms with Crippen LogP contribution in [0.3, 0.4) is 0 Å². The number of piperazine rings is 1. The minimum Gasteiger partial charge on any atom is -0.508 e. The average Bonchev–Trinajstić information content (AvgIpc) is 2.71. The van der Waals surface area contributed by atoms with Gasteiger partial charge in [0.15, 0.2) is 0 Å². The molecule has 27 heavy (non-hydrogen) atoms. The van der Waals surface area contributed by atoms with Gasteiger partial charge in [-0.1, -0.05) is 36.4 Å². The fourth-order valence-corrected chi connectivity index (χ4v) is 4.60. The van der Waals surface area contributed by atoms with Gasteiger partial charge in [-0.05, 0) is 44.0 Å². The van der Waals surface area contributed by atoms with Crippen LogP contribution in [0.2, 0.25) is 0 Å². The molecule has 2 aliphatic rings. The number of phenols is 1. The second kappa shape index (κ2) is 8.32. The number of phenolic OH excluding ortho intramolecular Hbond substituents is 1. The van der Waals surface area contributed by atoms with Gasteiger partial charge in [0.05, 0.1) is 0 Å². The zero-order valence-electron chi connectivity index (χ0n) is 16.3. The molecule has 4 rings (SSSR count). The molecule has 0 aromatic heterocycles. The normalized spacial score (nSPS) is 22.1. The number of rotatable bonds is 4. The molecule has 0 saturated carbocycles. The van der Waals surface area contributed by atoms with Gasteiger partial charge in [-0.2, -0.15) is 0 Å². The fraction of sp³-hybridized carbons (Fsp3) is 0.478. The zero-order chi connectivity index (χ0) is 18.6. The smallest absolute Gasteiger partial charge is 0.120 e. The van der Waals surface area contributed by atoms with Crippen molar-refractivity contribution in [2.75, 3.05) is 44.2 Å². The van der Waals surface area contributed by atoms with Gasteiger partial charge in [0.25, 0.3) is 0 Å². The van der Waals surface area contributed by atoms with Crippen molar-refractivity contribution < 1.29 is 5.11 Å². The van der Waals surface area contributed by atoms with Crippen LogP contribution in [0.4, 0.5) is 5.69 Å². The molecule has 2 aromatic rings. The third kappa shape index (κ3) is 4.28. The first kappa shape index (κ1) is 18.3. The van der Waals surface area contributed by atoms with E-state index >= 15 is 0 Å². The number of piperidine rings is 1. The Morgan fingerprint density at radius 3 is 2.44 bits per heavy atom. The molecule has 0 spiro atoms. The van der Waals surface area contributed by atoms with Crippen LogP contribution in [0.1, 0.15) is 24.0 Å². The molecule has 2 heterocycles. The van der Waals surface area contributed by atoms with E-state index in [0.29, 0.717) is 11.8 Å². The van der Waals surface area contributed by atoms with E-state index in [9.17, 15) is 5.11 Å². The first-order valence-corrected chi connectivity index (χ1v) is 10.2. The van der Waals surface area contributed by atoms with E-state index in [4.69, 9.17) is 0 Å². The predicted octanol–water partition coefficient (Wildman–Crippen LogP) is 3.49. The van der Waals surface area contributed by atoms with Gasteiger partial charge in [-0.15, -0.1) is 0 Å². The predicted molar refractivity (Wildman–Crippen MR) is 111 cm³/mol.